The van der Waals surface area contributed by atoms with E-state index < -0.39 is 11.2 Å². The third-order valence-corrected chi connectivity index (χ3v) is 2.64. The van der Waals surface area contributed by atoms with Crippen molar-refractivity contribution >= 4 is 21.9 Å². The summed E-state index contributed by atoms with van der Waals surface area (Å²) in [4.78, 5) is 11.7. The largest absolute Gasteiger partial charge is 1.00 e. The van der Waals surface area contributed by atoms with Crippen LogP contribution in [0.4, 0.5) is 0 Å². The Labute approximate surface area is 164 Å². The fourth-order valence-corrected chi connectivity index (χ4v) is 1.90. The van der Waals surface area contributed by atoms with Crippen LogP contribution in [0.1, 0.15) is 19.6 Å². The van der Waals surface area contributed by atoms with E-state index in [9.17, 15) is 15.0 Å². The minimum atomic E-state index is -0.529. The van der Waals surface area contributed by atoms with Crippen molar-refractivity contribution in [2.75, 3.05) is 0 Å². The second-order valence-electron chi connectivity index (χ2n) is 3.77. The first-order chi connectivity index (χ1) is 9.09. The first-order valence-electron chi connectivity index (χ1n) is 5.93. The number of hydrogen-bond donors (Lipinski definition) is 1. The molecule has 0 fully saturated rings. The molecule has 0 unspecified atom stereocenters. The van der Waals surface area contributed by atoms with Crippen molar-refractivity contribution < 1.29 is 77.2 Å². The average molecular weight is 347 g/mol. The molecule has 0 saturated carbocycles. The molecule has 0 aliphatic heterocycles. The zero-order valence-corrected chi connectivity index (χ0v) is 16.7. The van der Waals surface area contributed by atoms with E-state index >= 15 is 0 Å². The molecule has 3 rings (SSSR count). The minimum Gasteiger partial charge on any atom is -0.867 e. The van der Waals surface area contributed by atoms with Crippen LogP contribution in [0.25, 0.3) is 21.9 Å². The number of aromatic hydroxyl groups is 1. The smallest absolute Gasteiger partial charge is 0.867 e. The quantitative estimate of drug-likeness (QED) is 0.601. The Morgan fingerprint density at radius 3 is 2.55 bits per heavy atom. The summed E-state index contributed by atoms with van der Waals surface area (Å²) in [5, 5.41) is 22.0. The number of rotatable bonds is 0. The van der Waals surface area contributed by atoms with Gasteiger partial charge < -0.3 is 19.0 Å². The van der Waals surface area contributed by atoms with Crippen molar-refractivity contribution in [2.45, 2.75) is 20.8 Å². The van der Waals surface area contributed by atoms with Gasteiger partial charge in [-0.3, -0.25) is 4.79 Å². The second-order valence-corrected chi connectivity index (χ2v) is 3.77. The molecule has 0 bridgehead atoms. The number of phenolic OH excluding ortho intramolecular Hbond substituents is 1. The van der Waals surface area contributed by atoms with Gasteiger partial charge in [-0.25, -0.2) is 0 Å². The first-order valence-corrected chi connectivity index (χ1v) is 5.93. The average Bonchev–Trinajstić information content (AvgIpc) is 2.87. The Morgan fingerprint density at radius 2 is 1.90 bits per heavy atom. The van der Waals surface area contributed by atoms with E-state index in [0.29, 0.717) is 5.76 Å². The van der Waals surface area contributed by atoms with Gasteiger partial charge in [-0.2, -0.15) is 0 Å². The summed E-state index contributed by atoms with van der Waals surface area (Å²) in [7, 11) is 0. The Balaban J connectivity index is 0.000000639. The van der Waals surface area contributed by atoms with Gasteiger partial charge in [0.05, 0.1) is 11.6 Å². The summed E-state index contributed by atoms with van der Waals surface area (Å²) in [6.45, 7) is 5.56. The number of hydrogen-bond acceptors (Lipinski definition) is 5. The van der Waals surface area contributed by atoms with Crippen LogP contribution in [0.5, 0.6) is 11.5 Å². The maximum atomic E-state index is 12.0. The summed E-state index contributed by atoms with van der Waals surface area (Å²) in [5.41, 5.74) is -0.625. The van der Waals surface area contributed by atoms with Crippen LogP contribution in [0.15, 0.2) is 32.0 Å². The fraction of sp³-hybridized carbons (Fsp3) is 0.214. The van der Waals surface area contributed by atoms with Crippen molar-refractivity contribution in [1.82, 2.24) is 0 Å². The third-order valence-electron chi connectivity index (χ3n) is 2.64. The molecule has 3 aromatic rings. The van der Waals surface area contributed by atoms with Crippen molar-refractivity contribution in [1.29, 1.82) is 0 Å². The third kappa shape index (κ3) is 2.72. The van der Waals surface area contributed by atoms with Gasteiger partial charge in [0.15, 0.2) is 5.43 Å². The molecule has 0 radical (unpaired) electrons. The molecule has 1 N–H and O–H groups in total. The summed E-state index contributed by atoms with van der Waals surface area (Å²) in [6.07, 6.45) is 1.28. The van der Waals surface area contributed by atoms with Gasteiger partial charge in [-0.05, 0) is 18.7 Å². The zero-order valence-electron chi connectivity index (χ0n) is 11.8. The van der Waals surface area contributed by atoms with Crippen LogP contribution in [-0.2, 0) is 0 Å². The molecule has 20 heavy (non-hydrogen) atoms. The fourth-order valence-electron chi connectivity index (χ4n) is 1.90. The first kappa shape index (κ1) is 17.4. The molecule has 100 valence electrons. The van der Waals surface area contributed by atoms with E-state index in [1.54, 1.807) is 6.92 Å². The molecule has 0 amide bonds. The van der Waals surface area contributed by atoms with E-state index in [-0.39, 0.29) is 85.9 Å². The summed E-state index contributed by atoms with van der Waals surface area (Å²) in [5.74, 6) is -0.499. The number of furan rings is 1. The molecule has 0 saturated heterocycles. The number of aryl methyl sites for hydroxylation is 1. The van der Waals surface area contributed by atoms with Crippen molar-refractivity contribution in [3.8, 4) is 11.5 Å². The van der Waals surface area contributed by atoms with Gasteiger partial charge in [0.25, 0.3) is 0 Å². The molecule has 1 aromatic carbocycles. The van der Waals surface area contributed by atoms with Crippen molar-refractivity contribution in [2.24, 2.45) is 0 Å². The van der Waals surface area contributed by atoms with Crippen LogP contribution in [0.2, 0.25) is 0 Å². The van der Waals surface area contributed by atoms with Crippen LogP contribution < -0.4 is 68.7 Å². The van der Waals surface area contributed by atoms with E-state index in [1.807, 2.05) is 13.8 Å². The molecular weight excluding hydrogens is 334 g/mol. The maximum absolute atomic E-state index is 12.0. The second kappa shape index (κ2) is 6.89. The zero-order chi connectivity index (χ0) is 14.2. The van der Waals surface area contributed by atoms with Crippen molar-refractivity contribution in [3.63, 3.8) is 0 Å². The summed E-state index contributed by atoms with van der Waals surface area (Å²) in [6, 6.07) is 2.66. The van der Waals surface area contributed by atoms with Crippen LogP contribution in [-0.4, -0.2) is 5.11 Å². The molecule has 0 aliphatic rings. The van der Waals surface area contributed by atoms with Crippen LogP contribution >= 0.6 is 0 Å². The van der Waals surface area contributed by atoms with Gasteiger partial charge in [-0.15, -0.1) is 0 Å². The summed E-state index contributed by atoms with van der Waals surface area (Å²) < 4.78 is 10.2. The predicted molar refractivity (Wildman–Crippen MR) is 69.5 cm³/mol. The monoisotopic (exact) mass is 346 g/mol. The molecule has 0 spiro atoms. The normalized spacial score (nSPS) is 9.95. The number of fused-ring (bicyclic) bond motifs is 2. The molecule has 2 heterocycles. The minimum absolute atomic E-state index is 0. The molecular formula is C14H13O5Rb. The van der Waals surface area contributed by atoms with Gasteiger partial charge in [0.2, 0.25) is 0 Å². The van der Waals surface area contributed by atoms with Gasteiger partial charge >= 0.3 is 58.2 Å². The van der Waals surface area contributed by atoms with Gasteiger partial charge in [0.1, 0.15) is 28.1 Å². The maximum Gasteiger partial charge on any atom is 1.00 e. The molecule has 0 atom stereocenters. The standard InChI is InChI=1S/C12H8O5.C2H6.Rb/c1-5-4-7(13)8-9(14)6-2-3-16-11(6)10(15)12(8)17-5;1-2;/h2-4,14-15H,1H3;1-2H3;/q;;+1/p-1. The van der Waals surface area contributed by atoms with E-state index in [4.69, 9.17) is 8.83 Å². The van der Waals surface area contributed by atoms with E-state index in [0.717, 1.165) is 0 Å². The topological polar surface area (TPSA) is 86.6 Å². The Hall–Kier alpha value is -0.625. The van der Waals surface area contributed by atoms with Gasteiger partial charge in [0, 0.05) is 6.07 Å². The Bertz CT molecular complexity index is 801. The molecule has 6 heteroatoms. The number of benzene rings is 1. The molecule has 2 aromatic heterocycles. The van der Waals surface area contributed by atoms with E-state index in [1.165, 1.54) is 18.4 Å². The molecule has 5 nitrogen and oxygen atoms in total. The van der Waals surface area contributed by atoms with E-state index in [2.05, 4.69) is 0 Å². The SMILES string of the molecule is CC.Cc1cc(=O)c2c(O)c3ccoc3c([O-])c2o1.[Rb+]. The number of phenols is 1. The Kier molecular flexibility index (Phi) is 6.00. The van der Waals surface area contributed by atoms with Crippen LogP contribution in [0, 0.1) is 6.92 Å². The van der Waals surface area contributed by atoms with Crippen LogP contribution in [0.3, 0.4) is 0 Å². The Morgan fingerprint density at radius 1 is 1.25 bits per heavy atom. The summed E-state index contributed by atoms with van der Waals surface area (Å²) >= 11 is 0. The van der Waals surface area contributed by atoms with Crippen molar-refractivity contribution in [3.05, 3.63) is 34.4 Å². The molecule has 0 aliphatic carbocycles. The predicted octanol–water partition coefficient (Wildman–Crippen LogP) is -0.343. The van der Waals surface area contributed by atoms with Gasteiger partial charge in [-0.1, -0.05) is 13.8 Å².